The average Bonchev–Trinajstić information content (AvgIpc) is 3.24. The molecule has 0 saturated heterocycles. The van der Waals surface area contributed by atoms with Crippen LogP contribution < -0.4 is 10.1 Å². The van der Waals surface area contributed by atoms with E-state index < -0.39 is 0 Å². The number of aromatic nitrogens is 1. The number of thiazole rings is 1. The molecule has 0 fully saturated rings. The zero-order valence-corrected chi connectivity index (χ0v) is 15.9. The average molecular weight is 380 g/mol. The van der Waals surface area contributed by atoms with Crippen LogP contribution in [0.3, 0.4) is 0 Å². The van der Waals surface area contributed by atoms with Crippen molar-refractivity contribution in [2.24, 2.45) is 0 Å². The fraction of sp³-hybridized carbons (Fsp3) is 0.100. The second-order valence-electron chi connectivity index (χ2n) is 5.80. The Kier molecular flexibility index (Phi) is 4.44. The molecule has 0 bridgehead atoms. The molecular weight excluding hydrogens is 364 g/mol. The summed E-state index contributed by atoms with van der Waals surface area (Å²) in [6.07, 6.45) is 0. The van der Waals surface area contributed by atoms with Crippen LogP contribution in [0.15, 0.2) is 54.6 Å². The minimum absolute atomic E-state index is 0.133. The highest BCUT2D eigenvalue weighted by atomic mass is 32.1. The van der Waals surface area contributed by atoms with E-state index in [9.17, 15) is 4.79 Å². The van der Waals surface area contributed by atoms with Gasteiger partial charge in [-0.05, 0) is 42.3 Å². The van der Waals surface area contributed by atoms with Gasteiger partial charge in [-0.15, -0.1) is 11.3 Å². The molecule has 6 heteroatoms. The van der Waals surface area contributed by atoms with Crippen LogP contribution in [0.1, 0.15) is 15.2 Å². The zero-order chi connectivity index (χ0) is 18.1. The molecule has 130 valence electrons. The Labute approximate surface area is 159 Å². The Hall–Kier alpha value is -2.70. The van der Waals surface area contributed by atoms with Crippen molar-refractivity contribution >= 4 is 43.9 Å². The molecule has 0 aliphatic heterocycles. The molecule has 2 aromatic heterocycles. The number of amides is 1. The number of nitrogens with one attached hydrogen (secondary N) is 1. The molecule has 0 unspecified atom stereocenters. The summed E-state index contributed by atoms with van der Waals surface area (Å²) < 4.78 is 6.21. The molecule has 0 aliphatic rings. The van der Waals surface area contributed by atoms with Crippen LogP contribution in [-0.4, -0.2) is 18.0 Å². The highest BCUT2D eigenvalue weighted by Gasteiger charge is 2.15. The van der Waals surface area contributed by atoms with Gasteiger partial charge in [0.05, 0.1) is 22.2 Å². The van der Waals surface area contributed by atoms with Crippen LogP contribution in [0.25, 0.3) is 20.7 Å². The van der Waals surface area contributed by atoms with Crippen LogP contribution in [0.2, 0.25) is 0 Å². The van der Waals surface area contributed by atoms with Crippen molar-refractivity contribution in [3.05, 3.63) is 65.0 Å². The van der Waals surface area contributed by atoms with Gasteiger partial charge in [0.1, 0.15) is 5.75 Å². The fourth-order valence-corrected chi connectivity index (χ4v) is 4.68. The molecule has 0 radical (unpaired) electrons. The molecule has 1 N–H and O–H groups in total. The molecule has 4 aromatic rings. The third kappa shape index (κ3) is 3.21. The standard InChI is InChI=1S/C20H16N2O2S2/c1-12-10-17(25-18(12)13-6-4-3-5-7-13)19(23)22-20-21-15-9-8-14(24-2)11-16(15)26-20/h3-11H,1-2H3,(H,21,22,23). The summed E-state index contributed by atoms with van der Waals surface area (Å²) in [5, 5.41) is 3.50. The van der Waals surface area contributed by atoms with Crippen molar-refractivity contribution in [3.63, 3.8) is 0 Å². The molecule has 2 aromatic carbocycles. The zero-order valence-electron chi connectivity index (χ0n) is 14.3. The number of methoxy groups -OCH3 is 1. The maximum atomic E-state index is 12.7. The molecular formula is C20H16N2O2S2. The Balaban J connectivity index is 1.59. The lowest BCUT2D eigenvalue weighted by atomic mass is 10.1. The number of fused-ring (bicyclic) bond motifs is 1. The van der Waals surface area contributed by atoms with Gasteiger partial charge < -0.3 is 4.74 Å². The van der Waals surface area contributed by atoms with Crippen molar-refractivity contribution < 1.29 is 9.53 Å². The van der Waals surface area contributed by atoms with Gasteiger partial charge in [0, 0.05) is 4.88 Å². The minimum Gasteiger partial charge on any atom is -0.497 e. The van der Waals surface area contributed by atoms with Crippen molar-refractivity contribution in [2.45, 2.75) is 6.92 Å². The normalized spacial score (nSPS) is 10.8. The second-order valence-corrected chi connectivity index (χ2v) is 7.88. The van der Waals surface area contributed by atoms with Crippen LogP contribution in [-0.2, 0) is 0 Å². The van der Waals surface area contributed by atoms with Gasteiger partial charge >= 0.3 is 0 Å². The van der Waals surface area contributed by atoms with Crippen molar-refractivity contribution in [2.75, 3.05) is 12.4 Å². The van der Waals surface area contributed by atoms with Gasteiger partial charge in [0.15, 0.2) is 5.13 Å². The molecule has 0 atom stereocenters. The SMILES string of the molecule is COc1ccc2nc(NC(=O)c3cc(C)c(-c4ccccc4)s3)sc2c1. The van der Waals surface area contributed by atoms with Crippen LogP contribution in [0.4, 0.5) is 5.13 Å². The van der Waals surface area contributed by atoms with Crippen molar-refractivity contribution in [3.8, 4) is 16.2 Å². The van der Waals surface area contributed by atoms with Gasteiger partial charge in [0.2, 0.25) is 0 Å². The molecule has 2 heterocycles. The first-order valence-electron chi connectivity index (χ1n) is 8.06. The fourth-order valence-electron chi connectivity index (χ4n) is 2.71. The molecule has 0 aliphatic carbocycles. The number of carbonyl (C=O) groups excluding carboxylic acids is 1. The largest absolute Gasteiger partial charge is 0.497 e. The lowest BCUT2D eigenvalue weighted by Crippen LogP contribution is -2.09. The van der Waals surface area contributed by atoms with E-state index in [0.717, 1.165) is 32.0 Å². The summed E-state index contributed by atoms with van der Waals surface area (Å²) in [5.74, 6) is 0.645. The lowest BCUT2D eigenvalue weighted by molar-refractivity contribution is 0.103. The number of benzene rings is 2. The Morgan fingerprint density at radius 1 is 1.08 bits per heavy atom. The number of carbonyl (C=O) groups is 1. The smallest absolute Gasteiger partial charge is 0.267 e. The summed E-state index contributed by atoms with van der Waals surface area (Å²) in [6, 6.07) is 17.7. The quantitative estimate of drug-likeness (QED) is 0.502. The van der Waals surface area contributed by atoms with Crippen LogP contribution in [0, 0.1) is 6.92 Å². The number of aryl methyl sites for hydroxylation is 1. The maximum Gasteiger partial charge on any atom is 0.267 e. The summed E-state index contributed by atoms with van der Waals surface area (Å²) in [5.41, 5.74) is 3.07. The summed E-state index contributed by atoms with van der Waals surface area (Å²) in [4.78, 5) is 18.9. The predicted molar refractivity (Wildman–Crippen MR) is 109 cm³/mol. The first kappa shape index (κ1) is 16.8. The minimum atomic E-state index is -0.133. The lowest BCUT2D eigenvalue weighted by Gasteiger charge is -1.98. The number of nitrogens with zero attached hydrogens (tertiary/aromatic N) is 1. The number of rotatable bonds is 4. The molecule has 4 rings (SSSR count). The van der Waals surface area contributed by atoms with E-state index in [1.165, 1.54) is 22.7 Å². The Morgan fingerprint density at radius 2 is 1.88 bits per heavy atom. The van der Waals surface area contributed by atoms with E-state index in [0.29, 0.717) is 10.0 Å². The predicted octanol–water partition coefficient (Wildman–Crippen LogP) is 5.59. The summed E-state index contributed by atoms with van der Waals surface area (Å²) in [7, 11) is 1.63. The Morgan fingerprint density at radius 3 is 2.65 bits per heavy atom. The van der Waals surface area contributed by atoms with E-state index in [-0.39, 0.29) is 5.91 Å². The van der Waals surface area contributed by atoms with Gasteiger partial charge in [-0.25, -0.2) is 4.98 Å². The van der Waals surface area contributed by atoms with Gasteiger partial charge in [-0.1, -0.05) is 41.7 Å². The van der Waals surface area contributed by atoms with Crippen molar-refractivity contribution in [1.82, 2.24) is 4.98 Å². The third-order valence-electron chi connectivity index (χ3n) is 3.99. The first-order chi connectivity index (χ1) is 12.6. The van der Waals surface area contributed by atoms with E-state index in [1.807, 2.05) is 49.4 Å². The monoisotopic (exact) mass is 380 g/mol. The maximum absolute atomic E-state index is 12.7. The third-order valence-corrected chi connectivity index (χ3v) is 6.21. The first-order valence-corrected chi connectivity index (χ1v) is 9.69. The van der Waals surface area contributed by atoms with E-state index in [2.05, 4.69) is 22.4 Å². The molecule has 26 heavy (non-hydrogen) atoms. The van der Waals surface area contributed by atoms with Crippen LogP contribution in [0.5, 0.6) is 5.75 Å². The molecule has 1 amide bonds. The van der Waals surface area contributed by atoms with Crippen LogP contribution >= 0.6 is 22.7 Å². The highest BCUT2D eigenvalue weighted by molar-refractivity contribution is 7.22. The highest BCUT2D eigenvalue weighted by Crippen LogP contribution is 2.34. The Bertz CT molecular complexity index is 1080. The van der Waals surface area contributed by atoms with E-state index in [4.69, 9.17) is 4.74 Å². The van der Waals surface area contributed by atoms with Crippen molar-refractivity contribution in [1.29, 1.82) is 0 Å². The number of hydrogen-bond acceptors (Lipinski definition) is 5. The summed E-state index contributed by atoms with van der Waals surface area (Å²) >= 11 is 2.94. The second kappa shape index (κ2) is 6.90. The van der Waals surface area contributed by atoms with Gasteiger partial charge in [-0.3, -0.25) is 10.1 Å². The molecule has 0 saturated carbocycles. The molecule has 4 nitrogen and oxygen atoms in total. The topological polar surface area (TPSA) is 51.2 Å². The van der Waals surface area contributed by atoms with E-state index >= 15 is 0 Å². The number of anilines is 1. The van der Waals surface area contributed by atoms with E-state index in [1.54, 1.807) is 7.11 Å². The van der Waals surface area contributed by atoms with Gasteiger partial charge in [-0.2, -0.15) is 0 Å². The van der Waals surface area contributed by atoms with Gasteiger partial charge in [0.25, 0.3) is 5.91 Å². The number of hydrogen-bond donors (Lipinski definition) is 1. The molecule has 0 spiro atoms. The summed E-state index contributed by atoms with van der Waals surface area (Å²) in [6.45, 7) is 2.03. The number of ether oxygens (including phenoxy) is 1. The number of thiophene rings is 1.